The molecule has 0 aliphatic carbocycles. The first-order chi connectivity index (χ1) is 2.27. The summed E-state index contributed by atoms with van der Waals surface area (Å²) in [5.74, 6) is 2.28. The first kappa shape index (κ1) is 9.95. The second kappa shape index (κ2) is 5.82. The van der Waals surface area contributed by atoms with Crippen molar-refractivity contribution in [1.29, 1.82) is 0 Å². The van der Waals surface area contributed by atoms with Gasteiger partial charge in [-0.1, -0.05) is 0 Å². The smallest absolute Gasteiger partial charge is 1.00 e. The van der Waals surface area contributed by atoms with E-state index in [-0.39, 0.29) is 12.4 Å². The average molecular weight is 121 g/mol. The Morgan fingerprint density at radius 3 is 1.50 bits per heavy atom. The molecule has 0 saturated carbocycles. The molecular weight excluding hydrogens is 110 g/mol. The van der Waals surface area contributed by atoms with E-state index >= 15 is 0 Å². The second-order valence-corrected chi connectivity index (χ2v) is 3.58. The van der Waals surface area contributed by atoms with Crippen molar-refractivity contribution < 1.29 is 12.4 Å². The Labute approximate surface area is 52.4 Å². The Hall–Kier alpha value is 0.822. The Morgan fingerprint density at radius 1 is 1.33 bits per heavy atom. The minimum Gasteiger partial charge on any atom is -1.00 e. The van der Waals surface area contributed by atoms with Gasteiger partial charge in [0.25, 0.3) is 0 Å². The zero-order chi connectivity index (χ0) is 4.28. The van der Waals surface area contributed by atoms with Gasteiger partial charge in [0, 0.05) is 0 Å². The third-order valence-electron chi connectivity index (χ3n) is 0.667. The van der Waals surface area contributed by atoms with E-state index < -0.39 is 0 Å². The zero-order valence-corrected chi connectivity index (χ0v) is 6.44. The summed E-state index contributed by atoms with van der Waals surface area (Å²) in [6.07, 6.45) is 0. The molecule has 0 N–H and O–H groups in total. The summed E-state index contributed by atoms with van der Waals surface area (Å²) in [4.78, 5) is 0. The van der Waals surface area contributed by atoms with Crippen molar-refractivity contribution in [3.05, 3.63) is 0 Å². The molecule has 0 aromatic carbocycles. The third kappa shape index (κ3) is 8.85. The van der Waals surface area contributed by atoms with Crippen LogP contribution in [0.5, 0.6) is 0 Å². The van der Waals surface area contributed by atoms with Gasteiger partial charge in [-0.2, -0.15) is 0 Å². The molecule has 0 radical (unpaired) electrons. The van der Waals surface area contributed by atoms with Crippen LogP contribution in [-0.4, -0.2) is 15.2 Å². The van der Waals surface area contributed by atoms with Crippen LogP contribution >= 0.6 is 0 Å². The molecule has 0 heterocycles. The molecule has 0 aromatic heterocycles. The van der Waals surface area contributed by atoms with E-state index in [0.717, 1.165) is 20.0 Å². The molecular formula is C4H10AlCl. The SMILES string of the molecule is [CH3][Al+][CH](C)C.[Cl-]. The molecule has 0 rings (SSSR count). The zero-order valence-electron chi connectivity index (χ0n) is 4.53. The van der Waals surface area contributed by atoms with Gasteiger partial charge in [0.1, 0.15) is 0 Å². The fourth-order valence-electron chi connectivity index (χ4n) is 0. The van der Waals surface area contributed by atoms with Gasteiger partial charge in [-0.05, 0) is 0 Å². The van der Waals surface area contributed by atoms with E-state index in [9.17, 15) is 0 Å². The van der Waals surface area contributed by atoms with Crippen LogP contribution < -0.4 is 12.4 Å². The van der Waals surface area contributed by atoms with Crippen molar-refractivity contribution in [1.82, 2.24) is 0 Å². The minimum absolute atomic E-state index is 0. The van der Waals surface area contributed by atoms with Crippen molar-refractivity contribution in [2.45, 2.75) is 24.4 Å². The van der Waals surface area contributed by atoms with Gasteiger partial charge in [0.2, 0.25) is 0 Å². The van der Waals surface area contributed by atoms with Crippen LogP contribution in [0.1, 0.15) is 13.8 Å². The van der Waals surface area contributed by atoms with Gasteiger partial charge in [-0.3, -0.25) is 0 Å². The standard InChI is InChI=1S/C3H7.CH3.Al.ClH/c1-3-2;;;/h3H,1-2H3;1H3;;1H/q;;+1;/p-1. The molecule has 6 heavy (non-hydrogen) atoms. The van der Waals surface area contributed by atoms with Crippen molar-refractivity contribution >= 4 is 15.2 Å². The Bertz CT molecular complexity index is 21.5. The van der Waals surface area contributed by atoms with Crippen LogP contribution in [0.15, 0.2) is 0 Å². The molecule has 0 aliphatic heterocycles. The van der Waals surface area contributed by atoms with E-state index in [2.05, 4.69) is 19.6 Å². The molecule has 0 aromatic rings. The van der Waals surface area contributed by atoms with Gasteiger partial charge in [-0.25, -0.2) is 0 Å². The van der Waals surface area contributed by atoms with Gasteiger partial charge >= 0.3 is 39.6 Å². The number of halogens is 1. The van der Waals surface area contributed by atoms with Crippen LogP contribution in [0.3, 0.4) is 0 Å². The fourth-order valence-corrected chi connectivity index (χ4v) is 0. The van der Waals surface area contributed by atoms with Gasteiger partial charge in [-0.15, -0.1) is 0 Å². The molecule has 0 aliphatic rings. The molecule has 0 atom stereocenters. The fraction of sp³-hybridized carbons (Fsp3) is 1.00. The minimum atomic E-state index is 0. The summed E-state index contributed by atoms with van der Waals surface area (Å²) < 4.78 is 0.968. The molecule has 0 amide bonds. The van der Waals surface area contributed by atoms with Gasteiger partial charge < -0.3 is 12.4 Å². The van der Waals surface area contributed by atoms with Crippen LogP contribution in [0.2, 0.25) is 10.6 Å². The van der Waals surface area contributed by atoms with E-state index in [4.69, 9.17) is 0 Å². The van der Waals surface area contributed by atoms with Crippen LogP contribution in [-0.2, 0) is 0 Å². The van der Waals surface area contributed by atoms with Crippen molar-refractivity contribution in [2.24, 2.45) is 0 Å². The van der Waals surface area contributed by atoms with Gasteiger partial charge in [0.15, 0.2) is 0 Å². The summed E-state index contributed by atoms with van der Waals surface area (Å²) in [6, 6.07) is 0. The first-order valence-corrected chi connectivity index (χ1v) is 3.89. The summed E-state index contributed by atoms with van der Waals surface area (Å²) in [7, 11) is 0. The summed E-state index contributed by atoms with van der Waals surface area (Å²) in [6.45, 7) is 4.52. The van der Waals surface area contributed by atoms with Crippen molar-refractivity contribution in [2.75, 3.05) is 0 Å². The predicted molar refractivity (Wildman–Crippen MR) is 26.7 cm³/mol. The van der Waals surface area contributed by atoms with Crippen LogP contribution in [0, 0.1) is 0 Å². The largest absolute Gasteiger partial charge is 1.00 e. The van der Waals surface area contributed by atoms with Gasteiger partial charge in [0.05, 0.1) is 0 Å². The summed E-state index contributed by atoms with van der Waals surface area (Å²) >= 11 is 0.731. The Balaban J connectivity index is 0. The molecule has 0 bridgehead atoms. The maximum atomic E-state index is 2.28. The topological polar surface area (TPSA) is 0 Å². The molecule has 0 fully saturated rings. The van der Waals surface area contributed by atoms with E-state index in [1.807, 2.05) is 0 Å². The Kier molecular flexibility index (Phi) is 9.65. The summed E-state index contributed by atoms with van der Waals surface area (Å²) in [5, 5.41) is 0. The normalized spacial score (nSPS) is 6.67. The average Bonchev–Trinajstić information content (AvgIpc) is 1.38. The van der Waals surface area contributed by atoms with E-state index in [1.54, 1.807) is 0 Å². The number of rotatable bonds is 1. The quantitative estimate of drug-likeness (QED) is 0.373. The molecule has 36 valence electrons. The van der Waals surface area contributed by atoms with E-state index in [0.29, 0.717) is 0 Å². The maximum absolute atomic E-state index is 2.28. The number of hydrogen-bond acceptors (Lipinski definition) is 0. The van der Waals surface area contributed by atoms with Crippen LogP contribution in [0.4, 0.5) is 0 Å². The monoisotopic (exact) mass is 120 g/mol. The molecule has 0 unspecified atom stereocenters. The van der Waals surface area contributed by atoms with Crippen molar-refractivity contribution in [3.8, 4) is 0 Å². The molecule has 0 saturated heterocycles. The predicted octanol–water partition coefficient (Wildman–Crippen LogP) is -1.43. The van der Waals surface area contributed by atoms with Crippen molar-refractivity contribution in [3.63, 3.8) is 0 Å². The second-order valence-electron chi connectivity index (χ2n) is 1.58. The first-order valence-electron chi connectivity index (χ1n) is 2.07. The Morgan fingerprint density at radius 2 is 1.50 bits per heavy atom. The third-order valence-corrected chi connectivity index (χ3v) is 2.00. The molecule has 0 spiro atoms. The molecule has 2 heteroatoms. The summed E-state index contributed by atoms with van der Waals surface area (Å²) in [5.41, 5.74) is 0. The maximum Gasteiger partial charge on any atom is -1.00 e. The molecule has 0 nitrogen and oxygen atoms in total. The number of hydrogen-bond donors (Lipinski definition) is 0. The van der Waals surface area contributed by atoms with E-state index in [1.165, 1.54) is 0 Å². The van der Waals surface area contributed by atoms with Crippen LogP contribution in [0.25, 0.3) is 0 Å².